The highest BCUT2D eigenvalue weighted by Crippen LogP contribution is 2.37. The highest BCUT2D eigenvalue weighted by atomic mass is 32.2. The van der Waals surface area contributed by atoms with E-state index in [0.29, 0.717) is 27.1 Å². The molecule has 0 saturated heterocycles. The van der Waals surface area contributed by atoms with Gasteiger partial charge in [-0.1, -0.05) is 12.1 Å². The fourth-order valence-electron chi connectivity index (χ4n) is 4.11. The summed E-state index contributed by atoms with van der Waals surface area (Å²) in [5.74, 6) is -1.01. The molecule has 0 unspecified atom stereocenters. The molecule has 2 amide bonds. The number of hydrazone groups is 1. The van der Waals surface area contributed by atoms with Crippen molar-refractivity contribution in [3.05, 3.63) is 112 Å². The van der Waals surface area contributed by atoms with Gasteiger partial charge in [0.25, 0.3) is 27.5 Å². The van der Waals surface area contributed by atoms with Crippen molar-refractivity contribution in [3.8, 4) is 17.2 Å². The van der Waals surface area contributed by atoms with Gasteiger partial charge in [-0.05, 0) is 72.3 Å². The minimum absolute atomic E-state index is 0.0260. The van der Waals surface area contributed by atoms with Gasteiger partial charge in [0.05, 0.1) is 31.0 Å². The van der Waals surface area contributed by atoms with Crippen molar-refractivity contribution in [2.75, 3.05) is 37.0 Å². The summed E-state index contributed by atoms with van der Waals surface area (Å²) in [5, 5.41) is 18.1. The van der Waals surface area contributed by atoms with Crippen LogP contribution in [0.3, 0.4) is 0 Å². The fourth-order valence-corrected chi connectivity index (χ4v) is 5.70. The molecule has 0 heterocycles. The Morgan fingerprint density at radius 2 is 1.62 bits per heavy atom. The maximum absolute atomic E-state index is 13.8. The van der Waals surface area contributed by atoms with Crippen LogP contribution in [0, 0.1) is 15.9 Å². The van der Waals surface area contributed by atoms with Crippen molar-refractivity contribution >= 4 is 45.1 Å². The SMILES string of the molecule is COc1ccc(N(CC(=O)N/N=C\c2ccc(OCC(=O)Nc3ccc(F)cc3)cc2)S(=O)(=O)c2ccccc2[N+](=O)[O-])c(OC)c1. The number of para-hydroxylation sites is 1. The number of rotatable bonds is 14. The average Bonchev–Trinajstić information content (AvgIpc) is 3.07. The largest absolute Gasteiger partial charge is 0.497 e. The summed E-state index contributed by atoms with van der Waals surface area (Å²) in [7, 11) is -2.00. The minimum Gasteiger partial charge on any atom is -0.497 e. The number of nitro groups is 1. The van der Waals surface area contributed by atoms with Crippen molar-refractivity contribution in [1.82, 2.24) is 5.43 Å². The molecule has 0 bridgehead atoms. The fraction of sp³-hybridized carbons (Fsp3) is 0.129. The molecule has 0 aliphatic heterocycles. The van der Waals surface area contributed by atoms with E-state index in [2.05, 4.69) is 15.8 Å². The number of nitro benzene ring substituents is 1. The molecular weight excluding hydrogens is 637 g/mol. The van der Waals surface area contributed by atoms with Crippen LogP contribution in [0.1, 0.15) is 5.56 Å². The van der Waals surface area contributed by atoms with Gasteiger partial charge in [0.2, 0.25) is 0 Å². The number of hydrogen-bond donors (Lipinski definition) is 2. The van der Waals surface area contributed by atoms with Gasteiger partial charge in [-0.15, -0.1) is 0 Å². The van der Waals surface area contributed by atoms with Crippen LogP contribution >= 0.6 is 0 Å². The van der Waals surface area contributed by atoms with Crippen molar-refractivity contribution in [2.24, 2.45) is 5.10 Å². The first kappa shape index (κ1) is 33.9. The van der Waals surface area contributed by atoms with Gasteiger partial charge in [0, 0.05) is 17.8 Å². The van der Waals surface area contributed by atoms with Crippen LogP contribution < -0.4 is 29.3 Å². The second-order valence-electron chi connectivity index (χ2n) is 9.48. The van der Waals surface area contributed by atoms with Crippen LogP contribution in [-0.4, -0.2) is 58.7 Å². The Hall–Kier alpha value is -6.03. The summed E-state index contributed by atoms with van der Waals surface area (Å²) in [5.41, 5.74) is 2.44. The number of nitrogens with zero attached hydrogens (tertiary/aromatic N) is 3. The van der Waals surface area contributed by atoms with E-state index in [0.717, 1.165) is 12.1 Å². The van der Waals surface area contributed by atoms with Crippen LogP contribution in [0.25, 0.3) is 0 Å². The lowest BCUT2D eigenvalue weighted by Gasteiger charge is -2.25. The summed E-state index contributed by atoms with van der Waals surface area (Å²) in [6.45, 7) is -1.12. The van der Waals surface area contributed by atoms with E-state index in [1.54, 1.807) is 24.3 Å². The summed E-state index contributed by atoms with van der Waals surface area (Å²) >= 11 is 0. The van der Waals surface area contributed by atoms with Crippen molar-refractivity contribution in [2.45, 2.75) is 4.90 Å². The molecule has 244 valence electrons. The lowest BCUT2D eigenvalue weighted by atomic mass is 10.2. The van der Waals surface area contributed by atoms with E-state index in [4.69, 9.17) is 14.2 Å². The molecule has 0 fully saturated rings. The predicted molar refractivity (Wildman–Crippen MR) is 170 cm³/mol. The molecule has 0 atom stereocenters. The van der Waals surface area contributed by atoms with Crippen molar-refractivity contribution in [1.29, 1.82) is 0 Å². The number of hydrogen-bond acceptors (Lipinski definition) is 10. The number of anilines is 2. The summed E-state index contributed by atoms with van der Waals surface area (Å²) in [4.78, 5) is 35.2. The molecule has 0 aromatic heterocycles. The smallest absolute Gasteiger partial charge is 0.289 e. The molecule has 0 aliphatic carbocycles. The normalized spacial score (nSPS) is 11.0. The van der Waals surface area contributed by atoms with Crippen LogP contribution in [0.2, 0.25) is 0 Å². The number of carbonyl (C=O) groups excluding carboxylic acids is 2. The summed E-state index contributed by atoms with van der Waals surface area (Å²) in [6, 6.07) is 20.5. The second-order valence-corrected chi connectivity index (χ2v) is 11.3. The molecular formula is C31H28FN5O9S. The predicted octanol–water partition coefficient (Wildman–Crippen LogP) is 4.11. The Bertz CT molecular complexity index is 1890. The van der Waals surface area contributed by atoms with Crippen molar-refractivity contribution < 1.29 is 41.5 Å². The van der Waals surface area contributed by atoms with Crippen molar-refractivity contribution in [3.63, 3.8) is 0 Å². The highest BCUT2D eigenvalue weighted by molar-refractivity contribution is 7.93. The lowest BCUT2D eigenvalue weighted by molar-refractivity contribution is -0.387. The Kier molecular flexibility index (Phi) is 11.0. The average molecular weight is 666 g/mol. The highest BCUT2D eigenvalue weighted by Gasteiger charge is 2.34. The van der Waals surface area contributed by atoms with E-state index in [1.807, 2.05) is 0 Å². The number of benzene rings is 4. The first-order chi connectivity index (χ1) is 22.5. The Morgan fingerprint density at radius 1 is 0.936 bits per heavy atom. The Labute approximate surface area is 268 Å². The molecule has 14 nitrogen and oxygen atoms in total. The van der Waals surface area contributed by atoms with Gasteiger partial charge in [-0.3, -0.25) is 24.0 Å². The van der Waals surface area contributed by atoms with E-state index in [-0.39, 0.29) is 18.0 Å². The van der Waals surface area contributed by atoms with E-state index >= 15 is 0 Å². The topological polar surface area (TPSA) is 179 Å². The number of amides is 2. The molecule has 4 aromatic carbocycles. The maximum Gasteiger partial charge on any atom is 0.289 e. The zero-order chi connectivity index (χ0) is 34.0. The molecule has 4 aromatic rings. The first-order valence-corrected chi connectivity index (χ1v) is 15.0. The molecule has 16 heteroatoms. The molecule has 4 rings (SSSR count). The third-order valence-electron chi connectivity index (χ3n) is 6.35. The lowest BCUT2D eigenvalue weighted by Crippen LogP contribution is -2.40. The number of nitrogens with one attached hydrogen (secondary N) is 2. The number of carbonyl (C=O) groups is 2. The monoisotopic (exact) mass is 665 g/mol. The Balaban J connectivity index is 1.45. The molecule has 0 saturated carbocycles. The molecule has 0 aliphatic rings. The van der Waals surface area contributed by atoms with Gasteiger partial charge in [0.1, 0.15) is 29.6 Å². The van der Waals surface area contributed by atoms with Crippen LogP contribution in [0.4, 0.5) is 21.5 Å². The van der Waals surface area contributed by atoms with Gasteiger partial charge in [-0.2, -0.15) is 5.10 Å². The number of ether oxygens (including phenoxy) is 3. The molecule has 0 radical (unpaired) electrons. The molecule has 0 spiro atoms. The van der Waals surface area contributed by atoms with Gasteiger partial charge in [0.15, 0.2) is 11.5 Å². The molecule has 47 heavy (non-hydrogen) atoms. The standard InChI is InChI=1S/C31H28FN5O9S/c1-44-25-15-16-26(28(17-25)45-2)36(47(42,43)29-6-4-3-5-27(29)37(40)41)19-30(38)35-33-18-21-7-13-24(14-8-21)46-20-31(39)34-23-11-9-22(32)10-12-23/h3-18H,19-20H2,1-2H3,(H,34,39)(H,35,38)/b33-18-. The van der Waals surface area contributed by atoms with Gasteiger partial charge in [-0.25, -0.2) is 18.2 Å². The van der Waals surface area contributed by atoms with E-state index < -0.39 is 49.7 Å². The van der Waals surface area contributed by atoms with Gasteiger partial charge >= 0.3 is 0 Å². The summed E-state index contributed by atoms with van der Waals surface area (Å²) in [6.07, 6.45) is 1.29. The first-order valence-electron chi connectivity index (χ1n) is 13.6. The number of methoxy groups -OCH3 is 2. The zero-order valence-corrected chi connectivity index (χ0v) is 25.8. The number of sulfonamides is 1. The second kappa shape index (κ2) is 15.3. The maximum atomic E-state index is 13.8. The van der Waals surface area contributed by atoms with Gasteiger partial charge < -0.3 is 19.5 Å². The molecule has 2 N–H and O–H groups in total. The summed E-state index contributed by atoms with van der Waals surface area (Å²) < 4.78 is 57.3. The van der Waals surface area contributed by atoms with Crippen LogP contribution in [0.15, 0.2) is 101 Å². The van der Waals surface area contributed by atoms with E-state index in [9.17, 15) is 32.5 Å². The number of halogens is 1. The van der Waals surface area contributed by atoms with Crippen LogP contribution in [-0.2, 0) is 19.6 Å². The quantitative estimate of drug-likeness (QED) is 0.114. The third kappa shape index (κ3) is 8.79. The zero-order valence-electron chi connectivity index (χ0n) is 25.0. The third-order valence-corrected chi connectivity index (χ3v) is 8.16. The minimum atomic E-state index is -4.69. The Morgan fingerprint density at radius 3 is 2.28 bits per heavy atom. The van der Waals surface area contributed by atoms with Crippen LogP contribution in [0.5, 0.6) is 17.2 Å². The van der Waals surface area contributed by atoms with E-state index in [1.165, 1.54) is 75.0 Å².